The minimum absolute atomic E-state index is 0.190. The number of carboxylic acid groups (broad SMARTS) is 1. The first kappa shape index (κ1) is 14.5. The van der Waals surface area contributed by atoms with Gasteiger partial charge >= 0.3 is 5.97 Å². The molecular weight excluding hydrogens is 262 g/mol. The molecule has 0 radical (unpaired) electrons. The van der Waals surface area contributed by atoms with E-state index in [0.29, 0.717) is 5.56 Å². The fourth-order valence-electron chi connectivity index (χ4n) is 2.20. The number of hydrogen-bond donors (Lipinski definition) is 3. The zero-order chi connectivity index (χ0) is 14.6. The van der Waals surface area contributed by atoms with Crippen LogP contribution in [0.5, 0.6) is 0 Å². The predicted molar refractivity (Wildman–Crippen MR) is 70.0 cm³/mol. The molecule has 3 N–H and O–H groups in total. The van der Waals surface area contributed by atoms with Crippen LogP contribution in [0.25, 0.3) is 0 Å². The van der Waals surface area contributed by atoms with Gasteiger partial charge < -0.3 is 20.3 Å². The van der Waals surface area contributed by atoms with Crippen LogP contribution in [0.3, 0.4) is 0 Å². The number of aliphatic hydroxyl groups is 1. The summed E-state index contributed by atoms with van der Waals surface area (Å²) in [4.78, 5) is 23.5. The number of ether oxygens (including phenoxy) is 1. The molecule has 0 bridgehead atoms. The molecule has 1 heterocycles. The van der Waals surface area contributed by atoms with Crippen LogP contribution in [0, 0.1) is 0 Å². The van der Waals surface area contributed by atoms with Crippen molar-refractivity contribution < 1.29 is 24.5 Å². The molecule has 6 nitrogen and oxygen atoms in total. The van der Waals surface area contributed by atoms with Crippen molar-refractivity contribution in [2.75, 3.05) is 13.2 Å². The van der Waals surface area contributed by atoms with Crippen molar-refractivity contribution >= 4 is 11.9 Å². The summed E-state index contributed by atoms with van der Waals surface area (Å²) in [6.45, 7) is 0.544. The molecular formula is C14H17NO5. The maximum Gasteiger partial charge on any atom is 0.329 e. The molecule has 1 aromatic rings. The molecule has 1 saturated heterocycles. The lowest BCUT2D eigenvalue weighted by molar-refractivity contribution is -0.153. The topological polar surface area (TPSA) is 95.9 Å². The van der Waals surface area contributed by atoms with Crippen LogP contribution >= 0.6 is 0 Å². The third-order valence-corrected chi connectivity index (χ3v) is 3.48. The van der Waals surface area contributed by atoms with Gasteiger partial charge in [-0.25, -0.2) is 4.79 Å². The van der Waals surface area contributed by atoms with E-state index in [9.17, 15) is 19.8 Å². The van der Waals surface area contributed by atoms with Crippen molar-refractivity contribution in [3.63, 3.8) is 0 Å². The monoisotopic (exact) mass is 279 g/mol. The van der Waals surface area contributed by atoms with Gasteiger partial charge in [0.25, 0.3) is 5.91 Å². The minimum atomic E-state index is -1.38. The van der Waals surface area contributed by atoms with Crippen molar-refractivity contribution in [2.24, 2.45) is 0 Å². The van der Waals surface area contributed by atoms with E-state index in [1.165, 1.54) is 0 Å². The van der Waals surface area contributed by atoms with Gasteiger partial charge in [-0.15, -0.1) is 0 Å². The molecule has 1 fully saturated rings. The molecule has 0 saturated carbocycles. The van der Waals surface area contributed by atoms with Crippen LogP contribution in [0.1, 0.15) is 24.5 Å². The smallest absolute Gasteiger partial charge is 0.329 e. The summed E-state index contributed by atoms with van der Waals surface area (Å²) >= 11 is 0. The van der Waals surface area contributed by atoms with Gasteiger partial charge in [-0.1, -0.05) is 30.3 Å². The van der Waals surface area contributed by atoms with Crippen molar-refractivity contribution in [1.29, 1.82) is 0 Å². The van der Waals surface area contributed by atoms with E-state index in [0.717, 1.165) is 0 Å². The summed E-state index contributed by atoms with van der Waals surface area (Å²) in [7, 11) is 0. The average molecular weight is 279 g/mol. The molecule has 2 rings (SSSR count). The van der Waals surface area contributed by atoms with Gasteiger partial charge in [0.2, 0.25) is 0 Å². The normalized spacial score (nSPS) is 19.1. The van der Waals surface area contributed by atoms with E-state index in [-0.39, 0.29) is 26.1 Å². The second-order valence-corrected chi connectivity index (χ2v) is 4.80. The van der Waals surface area contributed by atoms with Gasteiger partial charge in [0.15, 0.2) is 6.10 Å². The molecule has 1 atom stereocenters. The number of carbonyl (C=O) groups excluding carboxylic acids is 1. The van der Waals surface area contributed by atoms with E-state index in [1.54, 1.807) is 30.3 Å². The number of benzene rings is 1. The zero-order valence-electron chi connectivity index (χ0n) is 10.9. The second kappa shape index (κ2) is 6.02. The van der Waals surface area contributed by atoms with Crippen molar-refractivity contribution in [2.45, 2.75) is 24.5 Å². The molecule has 0 aromatic heterocycles. The van der Waals surface area contributed by atoms with E-state index in [4.69, 9.17) is 4.74 Å². The maximum absolute atomic E-state index is 12.1. The highest BCUT2D eigenvalue weighted by molar-refractivity contribution is 5.89. The van der Waals surface area contributed by atoms with Gasteiger partial charge in [-0.3, -0.25) is 4.79 Å². The quantitative estimate of drug-likeness (QED) is 0.744. The number of aliphatic hydroxyl groups excluding tert-OH is 1. The first-order valence-electron chi connectivity index (χ1n) is 6.41. The van der Waals surface area contributed by atoms with Crippen LogP contribution in [-0.4, -0.2) is 40.8 Å². The molecule has 6 heteroatoms. The van der Waals surface area contributed by atoms with Crippen LogP contribution in [-0.2, 0) is 14.3 Å². The number of nitrogens with one attached hydrogen (secondary N) is 1. The van der Waals surface area contributed by atoms with E-state index in [2.05, 4.69) is 5.32 Å². The lowest BCUT2D eigenvalue weighted by atomic mass is 9.89. The Bertz CT molecular complexity index is 482. The summed E-state index contributed by atoms with van der Waals surface area (Å²) < 4.78 is 5.12. The van der Waals surface area contributed by atoms with Crippen LogP contribution in [0.2, 0.25) is 0 Å². The zero-order valence-corrected chi connectivity index (χ0v) is 10.9. The number of rotatable bonds is 4. The van der Waals surface area contributed by atoms with Crippen molar-refractivity contribution in [3.8, 4) is 0 Å². The number of carboxylic acids is 1. The fourth-order valence-corrected chi connectivity index (χ4v) is 2.20. The molecule has 20 heavy (non-hydrogen) atoms. The van der Waals surface area contributed by atoms with Crippen LogP contribution in [0.4, 0.5) is 0 Å². The SMILES string of the molecule is O=C(NC1(C(=O)O)CCOCC1)C(O)c1ccccc1. The average Bonchev–Trinajstić information content (AvgIpc) is 2.48. The van der Waals surface area contributed by atoms with Gasteiger partial charge in [0.1, 0.15) is 5.54 Å². The van der Waals surface area contributed by atoms with Gasteiger partial charge in [0, 0.05) is 26.1 Å². The van der Waals surface area contributed by atoms with E-state index < -0.39 is 23.5 Å². The molecule has 1 aliphatic heterocycles. The summed E-state index contributed by atoms with van der Waals surface area (Å²) in [5, 5.41) is 21.8. The molecule has 1 amide bonds. The minimum Gasteiger partial charge on any atom is -0.480 e. The number of carbonyl (C=O) groups is 2. The third-order valence-electron chi connectivity index (χ3n) is 3.48. The Kier molecular flexibility index (Phi) is 4.36. The van der Waals surface area contributed by atoms with Crippen molar-refractivity contribution in [3.05, 3.63) is 35.9 Å². The maximum atomic E-state index is 12.1. The van der Waals surface area contributed by atoms with Crippen LogP contribution < -0.4 is 5.32 Å². The predicted octanol–water partition coefficient (Wildman–Crippen LogP) is 0.470. The third kappa shape index (κ3) is 2.97. The Balaban J connectivity index is 2.11. The summed E-state index contributed by atoms with van der Waals surface area (Å²) in [6.07, 6.45) is -0.999. The standard InChI is InChI=1S/C14H17NO5/c16-11(10-4-2-1-3-5-10)12(17)15-14(13(18)19)6-8-20-9-7-14/h1-5,11,16H,6-9H2,(H,15,17)(H,18,19). The largest absolute Gasteiger partial charge is 0.480 e. The molecule has 1 unspecified atom stereocenters. The Hall–Kier alpha value is -1.92. The fraction of sp³-hybridized carbons (Fsp3) is 0.429. The second-order valence-electron chi connectivity index (χ2n) is 4.80. The van der Waals surface area contributed by atoms with Gasteiger partial charge in [0.05, 0.1) is 0 Å². The molecule has 1 aromatic carbocycles. The van der Waals surface area contributed by atoms with E-state index in [1.807, 2.05) is 0 Å². The Morgan fingerprint density at radius 3 is 2.35 bits per heavy atom. The number of amides is 1. The highest BCUT2D eigenvalue weighted by Crippen LogP contribution is 2.23. The summed E-state index contributed by atoms with van der Waals surface area (Å²) in [5.41, 5.74) is -0.928. The highest BCUT2D eigenvalue weighted by Gasteiger charge is 2.42. The van der Waals surface area contributed by atoms with Gasteiger partial charge in [-0.05, 0) is 5.56 Å². The summed E-state index contributed by atoms with van der Waals surface area (Å²) in [6, 6.07) is 8.40. The summed E-state index contributed by atoms with van der Waals surface area (Å²) in [5.74, 6) is -1.81. The molecule has 0 aliphatic carbocycles. The van der Waals surface area contributed by atoms with Crippen molar-refractivity contribution in [1.82, 2.24) is 5.32 Å². The number of hydrogen-bond acceptors (Lipinski definition) is 4. The molecule has 1 aliphatic rings. The first-order chi connectivity index (χ1) is 9.55. The Labute approximate surface area is 116 Å². The lowest BCUT2D eigenvalue weighted by Gasteiger charge is -2.34. The number of aliphatic carboxylic acids is 1. The Morgan fingerprint density at radius 1 is 1.20 bits per heavy atom. The molecule has 108 valence electrons. The first-order valence-corrected chi connectivity index (χ1v) is 6.41. The molecule has 0 spiro atoms. The Morgan fingerprint density at radius 2 is 1.80 bits per heavy atom. The van der Waals surface area contributed by atoms with E-state index >= 15 is 0 Å². The van der Waals surface area contributed by atoms with Crippen LogP contribution in [0.15, 0.2) is 30.3 Å². The van der Waals surface area contributed by atoms with Gasteiger partial charge in [-0.2, -0.15) is 0 Å². The highest BCUT2D eigenvalue weighted by atomic mass is 16.5. The lowest BCUT2D eigenvalue weighted by Crippen LogP contribution is -2.58.